The van der Waals surface area contributed by atoms with E-state index in [-0.39, 0.29) is 17.0 Å². The van der Waals surface area contributed by atoms with Crippen LogP contribution in [0.2, 0.25) is 5.15 Å². The van der Waals surface area contributed by atoms with Crippen molar-refractivity contribution >= 4 is 73.1 Å². The average molecular weight is 478 g/mol. The molecule has 106 valence electrons. The van der Waals surface area contributed by atoms with Gasteiger partial charge in [-0.1, -0.05) is 27.5 Å². The molecule has 0 fully saturated rings. The van der Waals surface area contributed by atoms with Crippen molar-refractivity contribution in [3.05, 3.63) is 43.3 Å². The van der Waals surface area contributed by atoms with Gasteiger partial charge in [0.1, 0.15) is 5.52 Å². The summed E-state index contributed by atoms with van der Waals surface area (Å²) in [6, 6.07) is 5.43. The van der Waals surface area contributed by atoms with Crippen LogP contribution in [0.15, 0.2) is 29.0 Å². The second-order valence-electron chi connectivity index (χ2n) is 4.02. The van der Waals surface area contributed by atoms with Crippen molar-refractivity contribution < 1.29 is 4.79 Å². The first-order valence-electron chi connectivity index (χ1n) is 5.67. The Labute approximate surface area is 146 Å². The van der Waals surface area contributed by atoms with Gasteiger partial charge >= 0.3 is 0 Å². The third kappa shape index (κ3) is 3.01. The first kappa shape index (κ1) is 14.7. The Balaban J connectivity index is 1.94. The van der Waals surface area contributed by atoms with Crippen molar-refractivity contribution in [3.8, 4) is 0 Å². The van der Waals surface area contributed by atoms with E-state index in [1.165, 1.54) is 6.33 Å². The van der Waals surface area contributed by atoms with Crippen LogP contribution in [0.25, 0.3) is 11.2 Å². The number of nitrogens with one attached hydrogen (secondary N) is 2. The van der Waals surface area contributed by atoms with E-state index in [2.05, 4.69) is 63.8 Å². The smallest absolute Gasteiger partial charge is 0.259 e. The molecule has 0 aliphatic carbocycles. The van der Waals surface area contributed by atoms with Crippen molar-refractivity contribution in [1.29, 1.82) is 0 Å². The minimum absolute atomic E-state index is 0.111. The predicted molar refractivity (Wildman–Crippen MR) is 91.5 cm³/mol. The monoisotopic (exact) mass is 477 g/mol. The highest BCUT2D eigenvalue weighted by Gasteiger charge is 2.14. The number of amides is 1. The molecule has 0 atom stereocenters. The molecule has 0 spiro atoms. The minimum atomic E-state index is -0.313. The second kappa shape index (κ2) is 5.85. The molecule has 0 saturated carbocycles. The van der Waals surface area contributed by atoms with Gasteiger partial charge in [0.2, 0.25) is 5.95 Å². The molecule has 9 heteroatoms. The number of halogens is 3. The molecule has 0 aliphatic heterocycles. The van der Waals surface area contributed by atoms with Crippen molar-refractivity contribution in [2.45, 2.75) is 0 Å². The van der Waals surface area contributed by atoms with Crippen molar-refractivity contribution in [2.75, 3.05) is 5.32 Å². The first-order chi connectivity index (χ1) is 10.0. The fourth-order valence-corrected chi connectivity index (χ4v) is 2.85. The summed E-state index contributed by atoms with van der Waals surface area (Å²) in [5.41, 5.74) is 1.45. The van der Waals surface area contributed by atoms with E-state index in [9.17, 15) is 4.79 Å². The summed E-state index contributed by atoms with van der Waals surface area (Å²) < 4.78 is 1.63. The van der Waals surface area contributed by atoms with Crippen LogP contribution in [0.3, 0.4) is 0 Å². The van der Waals surface area contributed by atoms with Crippen molar-refractivity contribution in [1.82, 2.24) is 19.9 Å². The lowest BCUT2D eigenvalue weighted by molar-refractivity contribution is 0.102. The van der Waals surface area contributed by atoms with Gasteiger partial charge in [-0.3, -0.25) is 10.1 Å². The Morgan fingerprint density at radius 3 is 3.00 bits per heavy atom. The number of hydrogen-bond donors (Lipinski definition) is 2. The van der Waals surface area contributed by atoms with Crippen LogP contribution in [0.5, 0.6) is 0 Å². The maximum absolute atomic E-state index is 12.3. The number of carbonyl (C=O) groups excluding carboxylic acids is 1. The van der Waals surface area contributed by atoms with E-state index < -0.39 is 0 Å². The molecule has 0 unspecified atom stereocenters. The number of hydrogen-bond acceptors (Lipinski definition) is 4. The van der Waals surface area contributed by atoms with Gasteiger partial charge in [0.05, 0.1) is 11.9 Å². The Bertz CT molecular complexity index is 853. The van der Waals surface area contributed by atoms with E-state index in [1.807, 2.05) is 12.1 Å². The number of carbonyl (C=O) groups is 1. The average Bonchev–Trinajstić information content (AvgIpc) is 2.90. The molecule has 3 aromatic rings. The van der Waals surface area contributed by atoms with E-state index in [1.54, 1.807) is 6.07 Å². The summed E-state index contributed by atoms with van der Waals surface area (Å²) >= 11 is 11.4. The molecule has 0 saturated heterocycles. The number of rotatable bonds is 2. The Morgan fingerprint density at radius 2 is 2.19 bits per heavy atom. The van der Waals surface area contributed by atoms with Crippen LogP contribution in [0.1, 0.15) is 10.4 Å². The molecule has 6 nitrogen and oxygen atoms in total. The molecule has 3 rings (SSSR count). The van der Waals surface area contributed by atoms with E-state index in [4.69, 9.17) is 11.6 Å². The summed E-state index contributed by atoms with van der Waals surface area (Å²) in [7, 11) is 0. The van der Waals surface area contributed by atoms with Crippen molar-refractivity contribution in [3.63, 3.8) is 0 Å². The van der Waals surface area contributed by atoms with Gasteiger partial charge in [-0.05, 0) is 40.8 Å². The summed E-state index contributed by atoms with van der Waals surface area (Å²) in [5.74, 6) is -0.202. The van der Waals surface area contributed by atoms with Crippen LogP contribution in [-0.2, 0) is 0 Å². The lowest BCUT2D eigenvalue weighted by Gasteiger charge is -2.06. The van der Waals surface area contributed by atoms with Crippen LogP contribution in [-0.4, -0.2) is 25.8 Å². The number of fused-ring (bicyclic) bond motifs is 1. The summed E-state index contributed by atoms with van der Waals surface area (Å²) in [6.45, 7) is 0. The van der Waals surface area contributed by atoms with E-state index in [0.717, 1.165) is 8.04 Å². The molecule has 2 N–H and O–H groups in total. The topological polar surface area (TPSA) is 83.6 Å². The van der Waals surface area contributed by atoms with Gasteiger partial charge < -0.3 is 4.98 Å². The quantitative estimate of drug-likeness (QED) is 0.435. The number of benzene rings is 1. The zero-order valence-electron chi connectivity index (χ0n) is 10.2. The van der Waals surface area contributed by atoms with Crippen LogP contribution < -0.4 is 5.32 Å². The standard InChI is InChI=1S/C12H6BrClIN5O/c13-5-1-2-7(15)6(3-5)11(21)20-12-18-9(14)8-10(19-12)17-4-16-8/h1-4H,(H2,16,17,18,19,20,21). The molecule has 2 aromatic heterocycles. The second-order valence-corrected chi connectivity index (χ2v) is 6.45. The normalized spacial score (nSPS) is 10.8. The summed E-state index contributed by atoms with van der Waals surface area (Å²) in [6.07, 6.45) is 1.47. The van der Waals surface area contributed by atoms with Gasteiger partial charge in [0.25, 0.3) is 5.91 Å². The van der Waals surface area contributed by atoms with Crippen LogP contribution in [0.4, 0.5) is 5.95 Å². The number of anilines is 1. The molecular weight excluding hydrogens is 472 g/mol. The molecule has 0 aliphatic rings. The highest BCUT2D eigenvalue weighted by molar-refractivity contribution is 14.1. The molecule has 1 amide bonds. The van der Waals surface area contributed by atoms with Crippen molar-refractivity contribution in [2.24, 2.45) is 0 Å². The summed E-state index contributed by atoms with van der Waals surface area (Å²) in [5, 5.41) is 2.83. The Morgan fingerprint density at radius 1 is 1.38 bits per heavy atom. The molecule has 1 aromatic carbocycles. The number of aromatic nitrogens is 4. The van der Waals surface area contributed by atoms with Gasteiger partial charge in [-0.15, -0.1) is 0 Å². The van der Waals surface area contributed by atoms with Crippen LogP contribution in [0, 0.1) is 3.57 Å². The number of imidazole rings is 1. The fourth-order valence-electron chi connectivity index (χ4n) is 1.69. The maximum atomic E-state index is 12.3. The highest BCUT2D eigenvalue weighted by Crippen LogP contribution is 2.21. The van der Waals surface area contributed by atoms with Crippen LogP contribution >= 0.6 is 50.1 Å². The maximum Gasteiger partial charge on any atom is 0.259 e. The molecular formula is C12H6BrClIN5O. The van der Waals surface area contributed by atoms with E-state index >= 15 is 0 Å². The van der Waals surface area contributed by atoms with E-state index in [0.29, 0.717) is 16.7 Å². The lowest BCUT2D eigenvalue weighted by atomic mass is 10.2. The van der Waals surface area contributed by atoms with Gasteiger partial charge in [-0.25, -0.2) is 4.98 Å². The predicted octanol–water partition coefficient (Wildman–Crippen LogP) is 3.63. The minimum Gasteiger partial charge on any atom is -0.341 e. The molecule has 21 heavy (non-hydrogen) atoms. The number of nitrogens with zero attached hydrogens (tertiary/aromatic N) is 3. The molecule has 2 heterocycles. The first-order valence-corrected chi connectivity index (χ1v) is 7.92. The summed E-state index contributed by atoms with van der Waals surface area (Å²) in [4.78, 5) is 27.3. The fraction of sp³-hybridized carbons (Fsp3) is 0. The Kier molecular flexibility index (Phi) is 4.09. The zero-order valence-corrected chi connectivity index (χ0v) is 14.7. The zero-order chi connectivity index (χ0) is 15.0. The Hall–Kier alpha value is -1.26. The molecule has 0 bridgehead atoms. The van der Waals surface area contributed by atoms with Gasteiger partial charge in [-0.2, -0.15) is 9.97 Å². The number of H-pyrrole nitrogens is 1. The third-order valence-electron chi connectivity index (χ3n) is 2.64. The SMILES string of the molecule is O=C(Nc1nc(Cl)c2[nH]cnc2n1)c1cc(Br)ccc1I. The van der Waals surface area contributed by atoms with Gasteiger partial charge in [0, 0.05) is 8.04 Å². The molecule has 0 radical (unpaired) electrons. The highest BCUT2D eigenvalue weighted by atomic mass is 127. The third-order valence-corrected chi connectivity index (χ3v) is 4.35. The largest absolute Gasteiger partial charge is 0.341 e. The number of aromatic amines is 1. The lowest BCUT2D eigenvalue weighted by Crippen LogP contribution is -2.15. The van der Waals surface area contributed by atoms with Gasteiger partial charge in [0.15, 0.2) is 10.8 Å².